The highest BCUT2D eigenvalue weighted by molar-refractivity contribution is 6.30. The summed E-state index contributed by atoms with van der Waals surface area (Å²) in [4.78, 5) is 13.2. The lowest BCUT2D eigenvalue weighted by molar-refractivity contribution is 0.0697. The number of hydrogen-bond donors (Lipinski definition) is 2. The molecular weight excluding hydrogens is 336 g/mol. The van der Waals surface area contributed by atoms with E-state index in [4.69, 9.17) is 16.7 Å². The van der Waals surface area contributed by atoms with Crippen molar-refractivity contribution in [3.63, 3.8) is 0 Å². The van der Waals surface area contributed by atoms with Gasteiger partial charge in [0.25, 0.3) is 0 Å². The van der Waals surface area contributed by atoms with Crippen LogP contribution in [0.15, 0.2) is 48.5 Å². The third kappa shape index (κ3) is 5.85. The summed E-state index contributed by atoms with van der Waals surface area (Å²) < 4.78 is 0. The van der Waals surface area contributed by atoms with Crippen LogP contribution in [0.5, 0.6) is 0 Å². The van der Waals surface area contributed by atoms with Crippen LogP contribution in [0.1, 0.15) is 40.9 Å². The van der Waals surface area contributed by atoms with Crippen molar-refractivity contribution in [3.8, 4) is 0 Å². The highest BCUT2D eigenvalue weighted by Crippen LogP contribution is 2.21. The zero-order valence-corrected chi connectivity index (χ0v) is 15.5. The number of rotatable bonds is 9. The van der Waals surface area contributed by atoms with E-state index in [1.807, 2.05) is 24.3 Å². The Kier molecular flexibility index (Phi) is 7.44. The first-order valence-electron chi connectivity index (χ1n) is 8.50. The molecular formula is C20H25ClN2O2. The molecule has 1 atom stereocenters. The van der Waals surface area contributed by atoms with Gasteiger partial charge in [0.15, 0.2) is 0 Å². The van der Waals surface area contributed by atoms with E-state index in [2.05, 4.69) is 36.3 Å². The largest absolute Gasteiger partial charge is 0.478 e. The van der Waals surface area contributed by atoms with Gasteiger partial charge in [-0.1, -0.05) is 42.8 Å². The molecule has 0 amide bonds. The number of hydrogen-bond acceptors (Lipinski definition) is 3. The van der Waals surface area contributed by atoms with Gasteiger partial charge in [-0.3, -0.25) is 4.90 Å². The molecule has 0 spiro atoms. The van der Waals surface area contributed by atoms with Crippen molar-refractivity contribution in [1.82, 2.24) is 10.2 Å². The SMILES string of the molecule is CCCN(C)C(CNCc1ccc(C(=O)O)cc1)c1ccc(Cl)cc1. The van der Waals surface area contributed by atoms with Crippen LogP contribution in [-0.4, -0.2) is 36.1 Å². The third-order valence-corrected chi connectivity index (χ3v) is 4.48. The predicted octanol–water partition coefficient (Wildman–Crippen LogP) is 4.21. The highest BCUT2D eigenvalue weighted by atomic mass is 35.5. The lowest BCUT2D eigenvalue weighted by Crippen LogP contribution is -2.33. The van der Waals surface area contributed by atoms with Crippen molar-refractivity contribution in [2.24, 2.45) is 0 Å². The van der Waals surface area contributed by atoms with Gasteiger partial charge >= 0.3 is 5.97 Å². The van der Waals surface area contributed by atoms with E-state index >= 15 is 0 Å². The first kappa shape index (κ1) is 19.4. The van der Waals surface area contributed by atoms with Crippen molar-refractivity contribution in [2.75, 3.05) is 20.1 Å². The summed E-state index contributed by atoms with van der Waals surface area (Å²) in [6.07, 6.45) is 1.09. The van der Waals surface area contributed by atoms with E-state index in [0.717, 1.165) is 30.1 Å². The van der Waals surface area contributed by atoms with Gasteiger partial charge in [-0.15, -0.1) is 0 Å². The van der Waals surface area contributed by atoms with E-state index in [0.29, 0.717) is 12.1 Å². The summed E-state index contributed by atoms with van der Waals surface area (Å²) >= 11 is 6.01. The molecule has 2 rings (SSSR count). The van der Waals surface area contributed by atoms with Crippen LogP contribution < -0.4 is 5.32 Å². The summed E-state index contributed by atoms with van der Waals surface area (Å²) in [5.41, 5.74) is 2.61. The Bertz CT molecular complexity index is 671. The van der Waals surface area contributed by atoms with Gasteiger partial charge in [0.1, 0.15) is 0 Å². The topological polar surface area (TPSA) is 52.6 Å². The van der Waals surface area contributed by atoms with Crippen LogP contribution in [0.4, 0.5) is 0 Å². The maximum absolute atomic E-state index is 10.9. The molecule has 0 aliphatic rings. The fourth-order valence-electron chi connectivity index (χ4n) is 2.84. The molecule has 4 nitrogen and oxygen atoms in total. The molecule has 2 aromatic carbocycles. The van der Waals surface area contributed by atoms with E-state index in [9.17, 15) is 4.79 Å². The maximum Gasteiger partial charge on any atom is 0.335 e. The molecule has 0 saturated heterocycles. The number of nitrogens with zero attached hydrogens (tertiary/aromatic N) is 1. The molecule has 134 valence electrons. The Morgan fingerprint density at radius 1 is 1.16 bits per heavy atom. The average Bonchev–Trinajstić information content (AvgIpc) is 2.60. The second kappa shape index (κ2) is 9.56. The van der Waals surface area contributed by atoms with Crippen LogP contribution in [0.25, 0.3) is 0 Å². The van der Waals surface area contributed by atoms with E-state index in [-0.39, 0.29) is 6.04 Å². The molecule has 0 heterocycles. The number of carboxylic acid groups (broad SMARTS) is 1. The minimum Gasteiger partial charge on any atom is -0.478 e. The standard InChI is InChI=1S/C20H25ClN2O2/c1-3-12-23(2)19(16-8-10-18(21)11-9-16)14-22-13-15-4-6-17(7-5-15)20(24)25/h4-11,19,22H,3,12-14H2,1-2H3,(H,24,25). The molecule has 0 saturated carbocycles. The summed E-state index contributed by atoms with van der Waals surface area (Å²) in [5.74, 6) is -0.900. The van der Waals surface area contributed by atoms with E-state index in [1.54, 1.807) is 12.1 Å². The lowest BCUT2D eigenvalue weighted by atomic mass is 10.0. The number of nitrogens with one attached hydrogen (secondary N) is 1. The van der Waals surface area contributed by atoms with Crippen molar-refractivity contribution < 1.29 is 9.90 Å². The van der Waals surface area contributed by atoms with Crippen LogP contribution in [-0.2, 0) is 6.54 Å². The Morgan fingerprint density at radius 2 is 1.80 bits per heavy atom. The first-order chi connectivity index (χ1) is 12.0. The first-order valence-corrected chi connectivity index (χ1v) is 8.87. The molecule has 0 aliphatic carbocycles. The van der Waals surface area contributed by atoms with Gasteiger partial charge in [0, 0.05) is 24.2 Å². The molecule has 25 heavy (non-hydrogen) atoms. The Hall–Kier alpha value is -1.88. The number of benzene rings is 2. The number of carbonyl (C=O) groups is 1. The minimum absolute atomic E-state index is 0.260. The van der Waals surface area contributed by atoms with Crippen LogP contribution in [0.3, 0.4) is 0 Å². The number of aromatic carboxylic acids is 1. The van der Waals surface area contributed by atoms with Gasteiger partial charge in [-0.2, -0.15) is 0 Å². The molecule has 0 aliphatic heterocycles. The predicted molar refractivity (Wildman–Crippen MR) is 102 cm³/mol. The molecule has 1 unspecified atom stereocenters. The van der Waals surface area contributed by atoms with Gasteiger partial charge < -0.3 is 10.4 Å². The van der Waals surface area contributed by atoms with Gasteiger partial charge in [-0.05, 0) is 55.4 Å². The summed E-state index contributed by atoms with van der Waals surface area (Å²) in [6.45, 7) is 4.69. The van der Waals surface area contributed by atoms with E-state index < -0.39 is 5.97 Å². The summed E-state index contributed by atoms with van der Waals surface area (Å²) in [7, 11) is 2.13. The second-order valence-corrected chi connectivity index (χ2v) is 6.62. The number of halogens is 1. The zero-order valence-electron chi connectivity index (χ0n) is 14.7. The fourth-order valence-corrected chi connectivity index (χ4v) is 2.97. The van der Waals surface area contributed by atoms with Crippen molar-refractivity contribution in [3.05, 3.63) is 70.2 Å². The second-order valence-electron chi connectivity index (χ2n) is 6.18. The molecule has 2 aromatic rings. The monoisotopic (exact) mass is 360 g/mol. The number of likely N-dealkylation sites (N-methyl/N-ethyl adjacent to an activating group) is 1. The molecule has 5 heteroatoms. The van der Waals surface area contributed by atoms with E-state index in [1.165, 1.54) is 5.56 Å². The Balaban J connectivity index is 1.99. The smallest absolute Gasteiger partial charge is 0.335 e. The van der Waals surface area contributed by atoms with Crippen LogP contribution in [0.2, 0.25) is 5.02 Å². The van der Waals surface area contributed by atoms with Crippen molar-refractivity contribution in [1.29, 1.82) is 0 Å². The minimum atomic E-state index is -0.900. The lowest BCUT2D eigenvalue weighted by Gasteiger charge is -2.28. The molecule has 0 fully saturated rings. The fraction of sp³-hybridized carbons (Fsp3) is 0.350. The Morgan fingerprint density at radius 3 is 2.36 bits per heavy atom. The molecule has 2 N–H and O–H groups in total. The molecule has 0 radical (unpaired) electrons. The molecule has 0 bridgehead atoms. The zero-order chi connectivity index (χ0) is 18.2. The average molecular weight is 361 g/mol. The Labute approximate surface area is 154 Å². The van der Waals surface area contributed by atoms with Crippen LogP contribution in [0, 0.1) is 0 Å². The van der Waals surface area contributed by atoms with Crippen molar-refractivity contribution in [2.45, 2.75) is 25.9 Å². The summed E-state index contributed by atoms with van der Waals surface area (Å²) in [5, 5.41) is 13.2. The molecule has 0 aromatic heterocycles. The van der Waals surface area contributed by atoms with Crippen molar-refractivity contribution >= 4 is 17.6 Å². The quantitative estimate of drug-likeness (QED) is 0.703. The summed E-state index contributed by atoms with van der Waals surface area (Å²) in [6, 6.07) is 15.2. The van der Waals surface area contributed by atoms with Gasteiger partial charge in [0.05, 0.1) is 5.56 Å². The normalized spacial score (nSPS) is 12.3. The van der Waals surface area contributed by atoms with Gasteiger partial charge in [0.2, 0.25) is 0 Å². The van der Waals surface area contributed by atoms with Crippen LogP contribution >= 0.6 is 11.6 Å². The maximum atomic E-state index is 10.9. The highest BCUT2D eigenvalue weighted by Gasteiger charge is 2.16. The van der Waals surface area contributed by atoms with Gasteiger partial charge in [-0.25, -0.2) is 4.79 Å². The number of carboxylic acids is 1. The third-order valence-electron chi connectivity index (χ3n) is 4.23.